The van der Waals surface area contributed by atoms with Crippen molar-refractivity contribution >= 4 is 5.69 Å². The van der Waals surface area contributed by atoms with Gasteiger partial charge in [-0.05, 0) is 30.2 Å². The van der Waals surface area contributed by atoms with Crippen molar-refractivity contribution in [1.82, 2.24) is 5.32 Å². The molecule has 0 aliphatic carbocycles. The van der Waals surface area contributed by atoms with E-state index in [-0.39, 0.29) is 23.2 Å². The van der Waals surface area contributed by atoms with Gasteiger partial charge in [0.25, 0.3) is 5.69 Å². The largest absolute Gasteiger partial charge is 0.508 e. The second-order valence-corrected chi connectivity index (χ2v) is 4.81. The quantitative estimate of drug-likeness (QED) is 0.580. The fourth-order valence-electron chi connectivity index (χ4n) is 2.04. The number of hydrogen-bond acceptors (Lipinski definition) is 5. The third-order valence-electron chi connectivity index (χ3n) is 3.16. The average molecular weight is 288 g/mol. The van der Waals surface area contributed by atoms with Gasteiger partial charge in [0.05, 0.1) is 4.92 Å². The molecule has 0 spiro atoms. The summed E-state index contributed by atoms with van der Waals surface area (Å²) in [5.41, 5.74) is 1.58. The van der Waals surface area contributed by atoms with E-state index < -0.39 is 4.92 Å². The van der Waals surface area contributed by atoms with Crippen LogP contribution in [-0.2, 0) is 6.54 Å². The van der Waals surface area contributed by atoms with Crippen LogP contribution in [-0.4, -0.2) is 15.1 Å². The summed E-state index contributed by atoms with van der Waals surface area (Å²) in [4.78, 5) is 10.3. The molecule has 3 N–H and O–H groups in total. The number of non-ortho nitro benzene ring substituents is 1. The summed E-state index contributed by atoms with van der Waals surface area (Å²) >= 11 is 0. The summed E-state index contributed by atoms with van der Waals surface area (Å²) in [6.45, 7) is 2.32. The Kier molecular flexibility index (Phi) is 4.39. The molecule has 0 radical (unpaired) electrons. The Labute approximate surface area is 121 Å². The third kappa shape index (κ3) is 3.93. The van der Waals surface area contributed by atoms with Crippen molar-refractivity contribution in [3.05, 3.63) is 63.7 Å². The molecule has 6 heteroatoms. The van der Waals surface area contributed by atoms with E-state index in [2.05, 4.69) is 5.32 Å². The van der Waals surface area contributed by atoms with Crippen LogP contribution >= 0.6 is 0 Å². The lowest BCUT2D eigenvalue weighted by molar-refractivity contribution is -0.384. The summed E-state index contributed by atoms with van der Waals surface area (Å²) in [5.74, 6) is -0.0111. The van der Waals surface area contributed by atoms with Crippen LogP contribution in [0.25, 0.3) is 0 Å². The number of nitro benzene ring substituents is 1. The van der Waals surface area contributed by atoms with Crippen LogP contribution < -0.4 is 5.32 Å². The summed E-state index contributed by atoms with van der Waals surface area (Å²) in [6.07, 6.45) is 0. The Morgan fingerprint density at radius 1 is 1.19 bits per heavy atom. The van der Waals surface area contributed by atoms with Crippen molar-refractivity contribution in [2.45, 2.75) is 19.5 Å². The third-order valence-corrected chi connectivity index (χ3v) is 3.16. The first kappa shape index (κ1) is 14.8. The van der Waals surface area contributed by atoms with Crippen molar-refractivity contribution < 1.29 is 15.1 Å². The van der Waals surface area contributed by atoms with Gasteiger partial charge in [0.1, 0.15) is 11.5 Å². The van der Waals surface area contributed by atoms with Crippen LogP contribution in [0.5, 0.6) is 11.5 Å². The van der Waals surface area contributed by atoms with Crippen molar-refractivity contribution in [3.63, 3.8) is 0 Å². The second-order valence-electron chi connectivity index (χ2n) is 4.81. The molecule has 0 aromatic heterocycles. The van der Waals surface area contributed by atoms with Crippen LogP contribution in [0.2, 0.25) is 0 Å². The van der Waals surface area contributed by atoms with Crippen molar-refractivity contribution in [3.8, 4) is 11.5 Å². The molecule has 1 atom stereocenters. The highest BCUT2D eigenvalue weighted by Crippen LogP contribution is 2.25. The Bertz CT molecular complexity index is 638. The number of aromatic hydroxyl groups is 2. The van der Waals surface area contributed by atoms with Gasteiger partial charge in [0, 0.05) is 30.8 Å². The summed E-state index contributed by atoms with van der Waals surface area (Å²) in [5, 5.41) is 32.8. The van der Waals surface area contributed by atoms with Crippen LogP contribution in [0.3, 0.4) is 0 Å². The topological polar surface area (TPSA) is 95.6 Å². The highest BCUT2D eigenvalue weighted by molar-refractivity contribution is 5.38. The molecule has 0 aliphatic heterocycles. The molecule has 0 bridgehead atoms. The number of phenolic OH excluding ortho intramolecular Hbond substituents is 2. The Hall–Kier alpha value is -2.60. The van der Waals surface area contributed by atoms with E-state index in [4.69, 9.17) is 0 Å². The predicted octanol–water partition coefficient (Wildman–Crippen LogP) is 2.86. The number of rotatable bonds is 5. The van der Waals surface area contributed by atoms with Crippen molar-refractivity contribution in [2.24, 2.45) is 0 Å². The Morgan fingerprint density at radius 2 is 1.86 bits per heavy atom. The molecule has 0 fully saturated rings. The molecule has 0 saturated carbocycles. The van der Waals surface area contributed by atoms with Gasteiger partial charge in [-0.3, -0.25) is 10.1 Å². The average Bonchev–Trinajstić information content (AvgIpc) is 2.44. The van der Waals surface area contributed by atoms with Crippen LogP contribution in [0, 0.1) is 10.1 Å². The zero-order valence-corrected chi connectivity index (χ0v) is 11.5. The maximum atomic E-state index is 10.7. The summed E-state index contributed by atoms with van der Waals surface area (Å²) < 4.78 is 0. The predicted molar refractivity (Wildman–Crippen MR) is 78.1 cm³/mol. The second kappa shape index (κ2) is 6.23. The van der Waals surface area contributed by atoms with Gasteiger partial charge in [-0.2, -0.15) is 0 Å². The molecule has 0 amide bonds. The minimum Gasteiger partial charge on any atom is -0.508 e. The summed E-state index contributed by atoms with van der Waals surface area (Å²) in [6, 6.07) is 10.7. The van der Waals surface area contributed by atoms with Crippen molar-refractivity contribution in [2.75, 3.05) is 0 Å². The van der Waals surface area contributed by atoms with Crippen LogP contribution in [0.15, 0.2) is 42.5 Å². The van der Waals surface area contributed by atoms with Gasteiger partial charge in [-0.25, -0.2) is 0 Å². The van der Waals surface area contributed by atoms with Crippen LogP contribution in [0.1, 0.15) is 24.1 Å². The number of hydrogen-bond donors (Lipinski definition) is 3. The molecule has 21 heavy (non-hydrogen) atoms. The zero-order chi connectivity index (χ0) is 15.4. The van der Waals surface area contributed by atoms with Gasteiger partial charge < -0.3 is 15.5 Å². The minimum atomic E-state index is -0.430. The van der Waals surface area contributed by atoms with E-state index >= 15 is 0 Å². The molecule has 6 nitrogen and oxygen atoms in total. The first-order valence-corrected chi connectivity index (χ1v) is 6.45. The van der Waals surface area contributed by atoms with E-state index in [1.807, 2.05) is 6.92 Å². The van der Waals surface area contributed by atoms with E-state index in [0.29, 0.717) is 6.54 Å². The maximum absolute atomic E-state index is 10.7. The van der Waals surface area contributed by atoms with E-state index in [0.717, 1.165) is 11.1 Å². The number of nitrogens with zero attached hydrogens (tertiary/aromatic N) is 1. The molecule has 2 aromatic carbocycles. The molecule has 2 aromatic rings. The van der Waals surface area contributed by atoms with Gasteiger partial charge in [-0.15, -0.1) is 0 Å². The first-order valence-electron chi connectivity index (χ1n) is 6.45. The SMILES string of the molecule is CC(NCc1cccc([N+](=O)[O-])c1)c1cc(O)cc(O)c1. The molecule has 0 saturated heterocycles. The van der Waals surface area contributed by atoms with Gasteiger partial charge in [0.15, 0.2) is 0 Å². The Morgan fingerprint density at radius 3 is 2.48 bits per heavy atom. The molecular formula is C15H16N2O4. The molecule has 0 heterocycles. The molecule has 1 unspecified atom stereocenters. The van der Waals surface area contributed by atoms with E-state index in [1.165, 1.54) is 18.2 Å². The molecule has 110 valence electrons. The monoisotopic (exact) mass is 288 g/mol. The van der Waals surface area contributed by atoms with Crippen molar-refractivity contribution in [1.29, 1.82) is 0 Å². The lowest BCUT2D eigenvalue weighted by atomic mass is 10.1. The standard InChI is InChI=1S/C15H16N2O4/c1-10(12-6-14(18)8-15(19)7-12)16-9-11-3-2-4-13(5-11)17(20)21/h2-8,10,16,18-19H,9H2,1H3. The minimum absolute atomic E-state index is 0.00556. The van der Waals surface area contributed by atoms with E-state index in [1.54, 1.807) is 24.3 Å². The fourth-order valence-corrected chi connectivity index (χ4v) is 2.04. The fraction of sp³-hybridized carbons (Fsp3) is 0.200. The van der Waals surface area contributed by atoms with Gasteiger partial charge in [0.2, 0.25) is 0 Å². The Balaban J connectivity index is 2.05. The highest BCUT2D eigenvalue weighted by Gasteiger charge is 2.09. The molecule has 0 aliphatic rings. The van der Waals surface area contributed by atoms with Gasteiger partial charge in [-0.1, -0.05) is 12.1 Å². The smallest absolute Gasteiger partial charge is 0.269 e. The molecule has 2 rings (SSSR count). The first-order chi connectivity index (χ1) is 9.95. The van der Waals surface area contributed by atoms with E-state index in [9.17, 15) is 20.3 Å². The number of phenols is 2. The van der Waals surface area contributed by atoms with Gasteiger partial charge >= 0.3 is 0 Å². The lowest BCUT2D eigenvalue weighted by Crippen LogP contribution is -2.18. The maximum Gasteiger partial charge on any atom is 0.269 e. The lowest BCUT2D eigenvalue weighted by Gasteiger charge is -2.15. The highest BCUT2D eigenvalue weighted by atomic mass is 16.6. The zero-order valence-electron chi connectivity index (χ0n) is 11.5. The summed E-state index contributed by atoms with van der Waals surface area (Å²) in [7, 11) is 0. The number of nitrogens with one attached hydrogen (secondary N) is 1. The van der Waals surface area contributed by atoms with Crippen LogP contribution in [0.4, 0.5) is 5.69 Å². The number of nitro groups is 1. The number of benzene rings is 2. The normalized spacial score (nSPS) is 12.0. The molecular weight excluding hydrogens is 272 g/mol.